The summed E-state index contributed by atoms with van der Waals surface area (Å²) in [5.41, 5.74) is 3.99. The first-order chi connectivity index (χ1) is 8.22. The fourth-order valence-corrected chi connectivity index (χ4v) is 2.58. The van der Waals surface area contributed by atoms with Crippen molar-refractivity contribution in [1.82, 2.24) is 5.32 Å². The average Bonchev–Trinajstić information content (AvgIpc) is 2.30. The molecule has 1 aromatic carbocycles. The monoisotopic (exact) mass is 229 g/mol. The molecule has 1 unspecified atom stereocenters. The maximum Gasteiger partial charge on any atom is 0.0638 e. The minimum atomic E-state index is 0.299. The summed E-state index contributed by atoms with van der Waals surface area (Å²) in [6.45, 7) is 7.22. The van der Waals surface area contributed by atoms with Gasteiger partial charge in [-0.25, -0.2) is 0 Å². The van der Waals surface area contributed by atoms with Gasteiger partial charge in [0.15, 0.2) is 0 Å². The predicted octanol–water partition coefficient (Wildman–Crippen LogP) is 2.00. The number of rotatable bonds is 2. The van der Waals surface area contributed by atoms with Gasteiger partial charge < -0.3 is 10.2 Å². The Morgan fingerprint density at radius 2 is 2.12 bits per heavy atom. The molecule has 0 spiro atoms. The standard InChI is InChI=1S/C14H19N3/c1-11-4-3-5-12(2)14(11)17-9-8-16-13(10-17)6-7-15/h3-5,13,16H,6,8-10H2,1-2H3. The van der Waals surface area contributed by atoms with Gasteiger partial charge in [0.25, 0.3) is 0 Å². The van der Waals surface area contributed by atoms with Gasteiger partial charge in [-0.15, -0.1) is 0 Å². The van der Waals surface area contributed by atoms with Crippen molar-refractivity contribution in [3.05, 3.63) is 29.3 Å². The third-order valence-corrected chi connectivity index (χ3v) is 3.35. The van der Waals surface area contributed by atoms with E-state index in [9.17, 15) is 0 Å². The van der Waals surface area contributed by atoms with E-state index in [0.29, 0.717) is 12.5 Å². The van der Waals surface area contributed by atoms with E-state index in [2.05, 4.69) is 48.3 Å². The van der Waals surface area contributed by atoms with Gasteiger partial charge >= 0.3 is 0 Å². The molecule has 1 fully saturated rings. The molecule has 1 aliphatic heterocycles. The van der Waals surface area contributed by atoms with Crippen LogP contribution >= 0.6 is 0 Å². The molecule has 1 aromatic rings. The third kappa shape index (κ3) is 2.59. The number of benzene rings is 1. The van der Waals surface area contributed by atoms with E-state index in [-0.39, 0.29) is 0 Å². The first kappa shape index (κ1) is 11.9. The zero-order valence-electron chi connectivity index (χ0n) is 10.5. The Hall–Kier alpha value is -1.53. The summed E-state index contributed by atoms with van der Waals surface area (Å²) in [5.74, 6) is 0. The highest BCUT2D eigenvalue weighted by Gasteiger charge is 2.21. The van der Waals surface area contributed by atoms with Crippen LogP contribution in [0.2, 0.25) is 0 Å². The quantitative estimate of drug-likeness (QED) is 0.843. The molecule has 1 N–H and O–H groups in total. The number of piperazine rings is 1. The zero-order chi connectivity index (χ0) is 12.3. The van der Waals surface area contributed by atoms with Crippen LogP contribution in [-0.2, 0) is 0 Å². The van der Waals surface area contributed by atoms with Crippen LogP contribution in [0.3, 0.4) is 0 Å². The van der Waals surface area contributed by atoms with Crippen LogP contribution in [0.4, 0.5) is 5.69 Å². The predicted molar refractivity (Wildman–Crippen MR) is 70.1 cm³/mol. The van der Waals surface area contributed by atoms with E-state index in [1.807, 2.05) is 0 Å². The van der Waals surface area contributed by atoms with E-state index < -0.39 is 0 Å². The van der Waals surface area contributed by atoms with Gasteiger partial charge in [-0.1, -0.05) is 18.2 Å². The second kappa shape index (κ2) is 5.20. The van der Waals surface area contributed by atoms with Gasteiger partial charge in [-0.05, 0) is 25.0 Å². The van der Waals surface area contributed by atoms with Gasteiger partial charge in [0, 0.05) is 31.4 Å². The Kier molecular flexibility index (Phi) is 3.65. The van der Waals surface area contributed by atoms with Crippen LogP contribution in [0.5, 0.6) is 0 Å². The zero-order valence-corrected chi connectivity index (χ0v) is 10.5. The Balaban J connectivity index is 2.19. The molecule has 1 saturated heterocycles. The molecule has 0 amide bonds. The molecule has 3 nitrogen and oxygen atoms in total. The van der Waals surface area contributed by atoms with Crippen molar-refractivity contribution in [1.29, 1.82) is 5.26 Å². The molecule has 2 rings (SSSR count). The highest BCUT2D eigenvalue weighted by Crippen LogP contribution is 2.25. The highest BCUT2D eigenvalue weighted by molar-refractivity contribution is 5.59. The van der Waals surface area contributed by atoms with E-state index in [4.69, 9.17) is 5.26 Å². The third-order valence-electron chi connectivity index (χ3n) is 3.35. The molecule has 1 atom stereocenters. The van der Waals surface area contributed by atoms with Gasteiger partial charge in [-0.3, -0.25) is 0 Å². The highest BCUT2D eigenvalue weighted by atomic mass is 15.2. The number of hydrogen-bond donors (Lipinski definition) is 1. The van der Waals surface area contributed by atoms with Crippen molar-refractivity contribution in [2.75, 3.05) is 24.5 Å². The Bertz CT molecular complexity index is 413. The molecule has 90 valence electrons. The SMILES string of the molecule is Cc1cccc(C)c1N1CCNC(CC#N)C1. The second-order valence-electron chi connectivity index (χ2n) is 4.70. The van der Waals surface area contributed by atoms with Crippen LogP contribution in [0.15, 0.2) is 18.2 Å². The number of nitrogens with one attached hydrogen (secondary N) is 1. The number of nitriles is 1. The Morgan fingerprint density at radius 3 is 2.76 bits per heavy atom. The molecule has 1 aliphatic rings. The molecule has 0 bridgehead atoms. The molecule has 0 aliphatic carbocycles. The van der Waals surface area contributed by atoms with Gasteiger partial charge in [0.2, 0.25) is 0 Å². The molecular formula is C14H19N3. The Morgan fingerprint density at radius 1 is 1.41 bits per heavy atom. The van der Waals surface area contributed by atoms with Crippen molar-refractivity contribution >= 4 is 5.69 Å². The van der Waals surface area contributed by atoms with E-state index in [1.54, 1.807) is 0 Å². The van der Waals surface area contributed by atoms with Crippen molar-refractivity contribution < 1.29 is 0 Å². The lowest BCUT2D eigenvalue weighted by Crippen LogP contribution is -2.51. The van der Waals surface area contributed by atoms with Crippen LogP contribution in [0.25, 0.3) is 0 Å². The van der Waals surface area contributed by atoms with E-state index in [1.165, 1.54) is 16.8 Å². The summed E-state index contributed by atoms with van der Waals surface area (Å²) in [6, 6.07) is 8.96. The van der Waals surface area contributed by atoms with Crippen molar-refractivity contribution in [3.8, 4) is 6.07 Å². The summed E-state index contributed by atoms with van der Waals surface area (Å²) >= 11 is 0. The molecule has 0 saturated carbocycles. The summed E-state index contributed by atoms with van der Waals surface area (Å²) in [7, 11) is 0. The van der Waals surface area contributed by atoms with E-state index >= 15 is 0 Å². The molecule has 0 aromatic heterocycles. The maximum atomic E-state index is 8.78. The maximum absolute atomic E-state index is 8.78. The van der Waals surface area contributed by atoms with E-state index in [0.717, 1.165) is 19.6 Å². The number of anilines is 1. The van der Waals surface area contributed by atoms with Crippen molar-refractivity contribution in [2.45, 2.75) is 26.3 Å². The van der Waals surface area contributed by atoms with Gasteiger partial charge in [-0.2, -0.15) is 5.26 Å². The lowest BCUT2D eigenvalue weighted by Gasteiger charge is -2.36. The molecule has 17 heavy (non-hydrogen) atoms. The first-order valence-electron chi connectivity index (χ1n) is 6.14. The Labute approximate surface area is 103 Å². The van der Waals surface area contributed by atoms with Crippen molar-refractivity contribution in [2.24, 2.45) is 0 Å². The van der Waals surface area contributed by atoms with Gasteiger partial charge in [0.05, 0.1) is 12.5 Å². The molecular weight excluding hydrogens is 210 g/mol. The van der Waals surface area contributed by atoms with Crippen LogP contribution in [-0.4, -0.2) is 25.7 Å². The fraction of sp³-hybridized carbons (Fsp3) is 0.500. The minimum absolute atomic E-state index is 0.299. The van der Waals surface area contributed by atoms with Crippen molar-refractivity contribution in [3.63, 3.8) is 0 Å². The number of nitrogens with zero attached hydrogens (tertiary/aromatic N) is 2. The normalized spacial score (nSPS) is 20.1. The molecule has 3 heteroatoms. The summed E-state index contributed by atoms with van der Waals surface area (Å²) in [4.78, 5) is 2.41. The topological polar surface area (TPSA) is 39.1 Å². The van der Waals surface area contributed by atoms with Crippen LogP contribution < -0.4 is 10.2 Å². The first-order valence-corrected chi connectivity index (χ1v) is 6.14. The summed E-state index contributed by atoms with van der Waals surface area (Å²) in [6.07, 6.45) is 0.585. The minimum Gasteiger partial charge on any atom is -0.368 e. The lowest BCUT2D eigenvalue weighted by atomic mass is 10.0. The van der Waals surface area contributed by atoms with Crippen LogP contribution in [0, 0.1) is 25.2 Å². The number of aryl methyl sites for hydroxylation is 2. The van der Waals surface area contributed by atoms with Crippen LogP contribution in [0.1, 0.15) is 17.5 Å². The number of para-hydroxylation sites is 1. The molecule has 0 radical (unpaired) electrons. The summed E-state index contributed by atoms with van der Waals surface area (Å²) < 4.78 is 0. The lowest BCUT2D eigenvalue weighted by molar-refractivity contribution is 0.462. The van der Waals surface area contributed by atoms with Gasteiger partial charge in [0.1, 0.15) is 0 Å². The second-order valence-corrected chi connectivity index (χ2v) is 4.70. The number of hydrogen-bond acceptors (Lipinski definition) is 3. The molecule has 1 heterocycles. The largest absolute Gasteiger partial charge is 0.368 e. The summed E-state index contributed by atoms with van der Waals surface area (Å²) in [5, 5.41) is 12.2. The average molecular weight is 229 g/mol. The fourth-order valence-electron chi connectivity index (χ4n) is 2.58. The smallest absolute Gasteiger partial charge is 0.0638 e.